The van der Waals surface area contributed by atoms with Crippen LogP contribution in [-0.2, 0) is 10.0 Å². The molecule has 6 nitrogen and oxygen atoms in total. The van der Waals surface area contributed by atoms with Gasteiger partial charge in [-0.1, -0.05) is 42.5 Å². The molecule has 2 aliphatic heterocycles. The minimum absolute atomic E-state index is 0.296. The lowest BCUT2D eigenvalue weighted by Gasteiger charge is -2.29. The monoisotopic (exact) mass is 404 g/mol. The normalized spacial score (nSPS) is 21.4. The maximum absolute atomic E-state index is 13.6. The molecule has 6 rings (SSSR count). The van der Waals surface area contributed by atoms with Gasteiger partial charge in [0.05, 0.1) is 16.1 Å². The van der Waals surface area contributed by atoms with Gasteiger partial charge in [0, 0.05) is 30.6 Å². The van der Waals surface area contributed by atoms with Crippen LogP contribution in [0.15, 0.2) is 71.9 Å². The average Bonchev–Trinajstić information content (AvgIpc) is 3.48. The van der Waals surface area contributed by atoms with E-state index in [0.717, 1.165) is 41.5 Å². The summed E-state index contributed by atoms with van der Waals surface area (Å²) in [5.41, 5.74) is 2.37. The first-order chi connectivity index (χ1) is 14.1. The largest absolute Gasteiger partial charge is 0.364 e. The third kappa shape index (κ3) is 2.44. The average molecular weight is 404 g/mol. The van der Waals surface area contributed by atoms with Crippen LogP contribution in [0, 0.1) is 0 Å². The van der Waals surface area contributed by atoms with Crippen LogP contribution in [0.3, 0.4) is 0 Å². The zero-order valence-corrected chi connectivity index (χ0v) is 16.5. The van der Waals surface area contributed by atoms with Crippen molar-refractivity contribution in [3.05, 3.63) is 67.0 Å². The molecule has 1 unspecified atom stereocenters. The molecular weight excluding hydrogens is 384 g/mol. The van der Waals surface area contributed by atoms with Crippen LogP contribution in [0.5, 0.6) is 0 Å². The molecule has 7 heteroatoms. The van der Waals surface area contributed by atoms with Crippen LogP contribution in [0.1, 0.15) is 6.42 Å². The van der Waals surface area contributed by atoms with Crippen molar-refractivity contribution in [2.75, 3.05) is 18.0 Å². The summed E-state index contributed by atoms with van der Waals surface area (Å²) >= 11 is 0. The van der Waals surface area contributed by atoms with Gasteiger partial charge in [0.15, 0.2) is 0 Å². The number of rotatable bonds is 3. The highest BCUT2D eigenvalue weighted by Crippen LogP contribution is 2.35. The Morgan fingerprint density at radius 1 is 1.00 bits per heavy atom. The van der Waals surface area contributed by atoms with Crippen LogP contribution < -0.4 is 10.2 Å². The van der Waals surface area contributed by atoms with Gasteiger partial charge in [-0.15, -0.1) is 0 Å². The van der Waals surface area contributed by atoms with Gasteiger partial charge in [0.2, 0.25) is 0 Å². The predicted molar refractivity (Wildman–Crippen MR) is 114 cm³/mol. The Hall–Kier alpha value is -2.90. The second-order valence-electron chi connectivity index (χ2n) is 7.81. The van der Waals surface area contributed by atoms with Crippen molar-refractivity contribution in [1.82, 2.24) is 14.3 Å². The highest BCUT2D eigenvalue weighted by molar-refractivity contribution is 7.90. The first kappa shape index (κ1) is 17.0. The van der Waals surface area contributed by atoms with E-state index in [0.29, 0.717) is 22.5 Å². The van der Waals surface area contributed by atoms with Crippen molar-refractivity contribution in [2.45, 2.75) is 23.4 Å². The lowest BCUT2D eigenvalue weighted by molar-refractivity contribution is 0.581. The first-order valence-corrected chi connectivity index (χ1v) is 11.3. The molecule has 2 atom stereocenters. The molecule has 0 saturated carbocycles. The highest BCUT2D eigenvalue weighted by atomic mass is 32.2. The maximum atomic E-state index is 13.6. The standard InChI is InChI=1S/C22H20N4O2S/c27-29(28,21-10-3-6-15-5-1-2-7-18(15)21)26-14-24-22-19(8-4-9-20(22)26)25-13-16-11-17(25)12-23-16/h1-10,14,16-17,23H,11-13H2/t16?,17-/m0/s1. The van der Waals surface area contributed by atoms with Gasteiger partial charge in [-0.05, 0) is 30.0 Å². The van der Waals surface area contributed by atoms with Gasteiger partial charge in [-0.3, -0.25) is 0 Å². The number of para-hydroxylation sites is 1. The summed E-state index contributed by atoms with van der Waals surface area (Å²) in [6.07, 6.45) is 2.57. The molecule has 146 valence electrons. The van der Waals surface area contributed by atoms with Crippen LogP contribution in [0.2, 0.25) is 0 Å². The number of benzene rings is 3. The molecule has 2 saturated heterocycles. The second-order valence-corrected chi connectivity index (χ2v) is 9.60. The lowest BCUT2D eigenvalue weighted by atomic mass is 10.1. The van der Waals surface area contributed by atoms with Gasteiger partial charge in [0.25, 0.3) is 10.0 Å². The first-order valence-electron chi connectivity index (χ1n) is 9.82. The molecule has 3 heterocycles. The molecule has 0 amide bonds. The number of hydrogen-bond donors (Lipinski definition) is 1. The Morgan fingerprint density at radius 2 is 1.83 bits per heavy atom. The molecule has 1 N–H and O–H groups in total. The number of nitrogens with one attached hydrogen (secondary N) is 1. The van der Waals surface area contributed by atoms with E-state index in [4.69, 9.17) is 0 Å². The van der Waals surface area contributed by atoms with Crippen molar-refractivity contribution < 1.29 is 8.42 Å². The van der Waals surface area contributed by atoms with E-state index in [1.807, 2.05) is 48.5 Å². The second kappa shape index (κ2) is 6.05. The summed E-state index contributed by atoms with van der Waals surface area (Å²) in [5.74, 6) is 0. The summed E-state index contributed by atoms with van der Waals surface area (Å²) < 4.78 is 28.5. The number of piperazine rings is 1. The van der Waals surface area contributed by atoms with Crippen molar-refractivity contribution in [2.24, 2.45) is 0 Å². The smallest absolute Gasteiger partial charge is 0.270 e. The quantitative estimate of drug-likeness (QED) is 0.569. The minimum Gasteiger partial charge on any atom is -0.364 e. The third-order valence-electron chi connectivity index (χ3n) is 6.18. The topological polar surface area (TPSA) is 67.2 Å². The van der Waals surface area contributed by atoms with E-state index in [1.165, 1.54) is 10.3 Å². The number of nitrogens with zero attached hydrogens (tertiary/aromatic N) is 3. The van der Waals surface area contributed by atoms with E-state index < -0.39 is 10.0 Å². The molecule has 2 fully saturated rings. The summed E-state index contributed by atoms with van der Waals surface area (Å²) in [6.45, 7) is 1.91. The number of hydrogen-bond acceptors (Lipinski definition) is 5. The Morgan fingerprint density at radius 3 is 2.66 bits per heavy atom. The molecule has 0 radical (unpaired) electrons. The fourth-order valence-corrected chi connectivity index (χ4v) is 6.31. The fraction of sp³-hybridized carbons (Fsp3) is 0.227. The van der Waals surface area contributed by atoms with E-state index in [-0.39, 0.29) is 0 Å². The van der Waals surface area contributed by atoms with Crippen molar-refractivity contribution in [3.63, 3.8) is 0 Å². The van der Waals surface area contributed by atoms with Crippen molar-refractivity contribution in [1.29, 1.82) is 0 Å². The van der Waals surface area contributed by atoms with Gasteiger partial charge < -0.3 is 10.2 Å². The third-order valence-corrected chi connectivity index (χ3v) is 7.90. The minimum atomic E-state index is -3.78. The zero-order chi connectivity index (χ0) is 19.6. The highest BCUT2D eigenvalue weighted by Gasteiger charge is 2.38. The van der Waals surface area contributed by atoms with E-state index in [1.54, 1.807) is 12.1 Å². The van der Waals surface area contributed by atoms with Crippen LogP contribution in [0.4, 0.5) is 5.69 Å². The van der Waals surface area contributed by atoms with E-state index in [2.05, 4.69) is 15.2 Å². The number of anilines is 1. The van der Waals surface area contributed by atoms with Gasteiger partial charge >= 0.3 is 0 Å². The summed E-state index contributed by atoms with van der Waals surface area (Å²) in [7, 11) is -3.78. The number of fused-ring (bicyclic) bond motifs is 4. The van der Waals surface area contributed by atoms with Crippen LogP contribution in [0.25, 0.3) is 21.8 Å². The predicted octanol–water partition coefficient (Wildman–Crippen LogP) is 2.98. The molecule has 2 aliphatic rings. The maximum Gasteiger partial charge on any atom is 0.270 e. The Kier molecular flexibility index (Phi) is 3.54. The van der Waals surface area contributed by atoms with Crippen LogP contribution >= 0.6 is 0 Å². The molecule has 0 spiro atoms. The zero-order valence-electron chi connectivity index (χ0n) is 15.7. The van der Waals surface area contributed by atoms with E-state index >= 15 is 0 Å². The Bertz CT molecular complexity index is 1360. The molecule has 4 aromatic rings. The molecule has 2 bridgehead atoms. The van der Waals surface area contributed by atoms with E-state index in [9.17, 15) is 8.42 Å². The Labute approximate surface area is 168 Å². The SMILES string of the molecule is O=S(=O)(c1cccc2ccccc12)n1cnc2c(N3CC4C[C@H]3CN4)cccc21. The summed E-state index contributed by atoms with van der Waals surface area (Å²) in [5, 5.41) is 5.13. The van der Waals surface area contributed by atoms with Crippen molar-refractivity contribution >= 4 is 37.5 Å². The molecule has 0 aliphatic carbocycles. The molecule has 29 heavy (non-hydrogen) atoms. The molecular formula is C22H20N4O2S. The lowest BCUT2D eigenvalue weighted by Crippen LogP contribution is -2.43. The summed E-state index contributed by atoms with van der Waals surface area (Å²) in [6, 6.07) is 19.7. The van der Waals surface area contributed by atoms with Gasteiger partial charge in [0.1, 0.15) is 11.8 Å². The number of aromatic nitrogens is 2. The van der Waals surface area contributed by atoms with Crippen molar-refractivity contribution in [3.8, 4) is 0 Å². The van der Waals surface area contributed by atoms with Gasteiger partial charge in [-0.2, -0.15) is 0 Å². The van der Waals surface area contributed by atoms with Crippen LogP contribution in [-0.4, -0.2) is 42.5 Å². The molecule has 1 aromatic heterocycles. The number of imidazole rings is 1. The van der Waals surface area contributed by atoms with Gasteiger partial charge in [-0.25, -0.2) is 17.4 Å². The summed E-state index contributed by atoms with van der Waals surface area (Å²) in [4.78, 5) is 7.20. The molecule has 3 aromatic carbocycles. The Balaban J connectivity index is 1.52. The fourth-order valence-electron chi connectivity index (χ4n) is 4.81.